The molecule has 0 aliphatic rings. The smallest absolute Gasteiger partial charge is 0.205 e. The minimum absolute atomic E-state index is 0.190. The Balaban J connectivity index is 1.70. The van der Waals surface area contributed by atoms with Crippen LogP contribution in [0, 0.1) is 6.57 Å². The highest BCUT2D eigenvalue weighted by molar-refractivity contribution is 5.85. The van der Waals surface area contributed by atoms with E-state index in [1.165, 1.54) is 6.20 Å². The van der Waals surface area contributed by atoms with E-state index in [0.717, 1.165) is 17.6 Å². The average molecular weight is 399 g/mol. The fourth-order valence-electron chi connectivity index (χ4n) is 3.15. The molecule has 150 valence electrons. The molecule has 0 aliphatic heterocycles. The molecular weight excluding hydrogens is 378 g/mol. The number of nitrogens with one attached hydrogen (secondary N) is 1. The molecule has 0 bridgehead atoms. The number of benzene rings is 1. The standard InChI is InChI=1S/C22H21N7O/c1-14(2)29-13-26-19-21(25-9-8-15-4-6-18(30)7-5-15)27-20(28-22(19)29)16-10-17(23-3)12-24-11-16/h4-7,10-14,30H,8-9H2,1-2H3,(H,25,27,28). The maximum absolute atomic E-state index is 9.44. The number of aromatic nitrogens is 5. The number of rotatable bonds is 6. The van der Waals surface area contributed by atoms with E-state index < -0.39 is 0 Å². The number of nitrogens with zero attached hydrogens (tertiary/aromatic N) is 6. The van der Waals surface area contributed by atoms with Gasteiger partial charge in [0.1, 0.15) is 11.3 Å². The molecule has 1 aromatic carbocycles. The SMILES string of the molecule is [C-]#[N+]c1cncc(-c2nc(NCCc3ccc(O)cc3)c3ncn(C(C)C)c3n2)c1. The van der Waals surface area contributed by atoms with Crippen molar-refractivity contribution in [3.8, 4) is 17.1 Å². The van der Waals surface area contributed by atoms with E-state index in [1.54, 1.807) is 30.7 Å². The molecule has 3 heterocycles. The highest BCUT2D eigenvalue weighted by atomic mass is 16.3. The highest BCUT2D eigenvalue weighted by Crippen LogP contribution is 2.27. The zero-order valence-electron chi connectivity index (χ0n) is 16.7. The molecule has 8 nitrogen and oxygen atoms in total. The lowest BCUT2D eigenvalue weighted by Gasteiger charge is -2.11. The van der Waals surface area contributed by atoms with Crippen LogP contribution in [-0.4, -0.2) is 36.2 Å². The first-order valence-electron chi connectivity index (χ1n) is 9.64. The largest absolute Gasteiger partial charge is 0.508 e. The van der Waals surface area contributed by atoms with Gasteiger partial charge in [0.2, 0.25) is 5.69 Å². The second kappa shape index (κ2) is 8.17. The van der Waals surface area contributed by atoms with Crippen molar-refractivity contribution in [2.24, 2.45) is 0 Å². The summed E-state index contributed by atoms with van der Waals surface area (Å²) in [6.07, 6.45) is 5.71. The quantitative estimate of drug-likeness (QED) is 0.468. The zero-order valence-corrected chi connectivity index (χ0v) is 16.7. The van der Waals surface area contributed by atoms with Crippen LogP contribution in [0.25, 0.3) is 27.4 Å². The summed E-state index contributed by atoms with van der Waals surface area (Å²) in [4.78, 5) is 21.5. The monoisotopic (exact) mass is 399 g/mol. The minimum Gasteiger partial charge on any atom is -0.508 e. The maximum atomic E-state index is 9.44. The van der Waals surface area contributed by atoms with Crippen molar-refractivity contribution in [2.45, 2.75) is 26.3 Å². The third kappa shape index (κ3) is 3.91. The minimum atomic E-state index is 0.190. The van der Waals surface area contributed by atoms with Crippen molar-refractivity contribution in [3.63, 3.8) is 0 Å². The van der Waals surface area contributed by atoms with Crippen molar-refractivity contribution in [3.05, 3.63) is 66.0 Å². The molecule has 0 saturated heterocycles. The molecule has 0 spiro atoms. The molecule has 30 heavy (non-hydrogen) atoms. The molecule has 0 aliphatic carbocycles. The van der Waals surface area contributed by atoms with E-state index in [9.17, 15) is 5.11 Å². The van der Waals surface area contributed by atoms with Crippen molar-refractivity contribution in [1.82, 2.24) is 24.5 Å². The summed E-state index contributed by atoms with van der Waals surface area (Å²) in [5, 5.41) is 12.8. The van der Waals surface area contributed by atoms with E-state index in [4.69, 9.17) is 11.6 Å². The highest BCUT2D eigenvalue weighted by Gasteiger charge is 2.16. The van der Waals surface area contributed by atoms with E-state index >= 15 is 0 Å². The van der Waals surface area contributed by atoms with Gasteiger partial charge in [-0.25, -0.2) is 19.8 Å². The Labute approximate surface area is 174 Å². The van der Waals surface area contributed by atoms with Gasteiger partial charge in [-0.3, -0.25) is 4.98 Å². The van der Waals surface area contributed by atoms with Crippen LogP contribution >= 0.6 is 0 Å². The Kier molecular flexibility index (Phi) is 5.26. The first-order chi connectivity index (χ1) is 14.5. The van der Waals surface area contributed by atoms with Gasteiger partial charge in [0.05, 0.1) is 12.9 Å². The first-order valence-corrected chi connectivity index (χ1v) is 9.64. The molecule has 0 radical (unpaired) electrons. The number of anilines is 1. The summed E-state index contributed by atoms with van der Waals surface area (Å²) in [6.45, 7) is 12.0. The topological polar surface area (TPSA) is 93.1 Å². The van der Waals surface area contributed by atoms with Gasteiger partial charge in [0.15, 0.2) is 17.3 Å². The van der Waals surface area contributed by atoms with Crippen LogP contribution in [0.2, 0.25) is 0 Å². The summed E-state index contributed by atoms with van der Waals surface area (Å²) < 4.78 is 2.00. The molecule has 0 atom stereocenters. The lowest BCUT2D eigenvalue weighted by molar-refractivity contribution is 0.475. The Morgan fingerprint density at radius 3 is 2.70 bits per heavy atom. The lowest BCUT2D eigenvalue weighted by atomic mass is 10.1. The van der Waals surface area contributed by atoms with Crippen LogP contribution in [0.4, 0.5) is 11.5 Å². The van der Waals surface area contributed by atoms with Crippen LogP contribution in [-0.2, 0) is 6.42 Å². The molecule has 2 N–H and O–H groups in total. The molecule has 0 fully saturated rings. The second-order valence-electron chi connectivity index (χ2n) is 7.20. The molecule has 0 saturated carbocycles. The van der Waals surface area contributed by atoms with E-state index in [2.05, 4.69) is 39.0 Å². The van der Waals surface area contributed by atoms with Gasteiger partial charge in [-0.05, 0) is 44.0 Å². The first kappa shape index (κ1) is 19.3. The van der Waals surface area contributed by atoms with E-state index in [0.29, 0.717) is 35.0 Å². The van der Waals surface area contributed by atoms with Crippen molar-refractivity contribution in [1.29, 1.82) is 0 Å². The van der Waals surface area contributed by atoms with E-state index in [1.807, 2.05) is 16.7 Å². The molecular formula is C22H21N7O. The summed E-state index contributed by atoms with van der Waals surface area (Å²) >= 11 is 0. The van der Waals surface area contributed by atoms with Crippen LogP contribution < -0.4 is 5.32 Å². The van der Waals surface area contributed by atoms with Crippen LogP contribution in [0.1, 0.15) is 25.5 Å². The van der Waals surface area contributed by atoms with Gasteiger partial charge in [-0.15, -0.1) is 0 Å². The predicted octanol–water partition coefficient (Wildman–Crippen LogP) is 4.38. The molecule has 4 aromatic rings. The molecule has 0 amide bonds. The van der Waals surface area contributed by atoms with E-state index in [-0.39, 0.29) is 11.8 Å². The number of fused-ring (bicyclic) bond motifs is 1. The van der Waals surface area contributed by atoms with Crippen LogP contribution in [0.5, 0.6) is 5.75 Å². The molecule has 3 aromatic heterocycles. The molecule has 8 heteroatoms. The Morgan fingerprint density at radius 1 is 1.17 bits per heavy atom. The Bertz CT molecular complexity index is 1220. The van der Waals surface area contributed by atoms with Crippen LogP contribution in [0.3, 0.4) is 0 Å². The van der Waals surface area contributed by atoms with Gasteiger partial charge < -0.3 is 15.0 Å². The second-order valence-corrected chi connectivity index (χ2v) is 7.20. The molecule has 0 unspecified atom stereocenters. The zero-order chi connectivity index (χ0) is 21.1. The summed E-state index contributed by atoms with van der Waals surface area (Å²) in [6, 6.07) is 9.07. The van der Waals surface area contributed by atoms with Gasteiger partial charge in [0, 0.05) is 30.5 Å². The number of imidazole rings is 1. The van der Waals surface area contributed by atoms with Gasteiger partial charge in [-0.1, -0.05) is 12.1 Å². The van der Waals surface area contributed by atoms with Crippen molar-refractivity contribution in [2.75, 3.05) is 11.9 Å². The third-order valence-corrected chi connectivity index (χ3v) is 4.73. The third-order valence-electron chi connectivity index (χ3n) is 4.73. The van der Waals surface area contributed by atoms with Crippen molar-refractivity contribution >= 4 is 22.7 Å². The number of hydrogen-bond acceptors (Lipinski definition) is 6. The van der Waals surface area contributed by atoms with Gasteiger partial charge >= 0.3 is 0 Å². The van der Waals surface area contributed by atoms with Gasteiger partial charge in [0.25, 0.3) is 0 Å². The summed E-state index contributed by atoms with van der Waals surface area (Å²) in [7, 11) is 0. The average Bonchev–Trinajstić information content (AvgIpc) is 3.20. The summed E-state index contributed by atoms with van der Waals surface area (Å²) in [5.41, 5.74) is 3.66. The molecule has 4 rings (SSSR count). The van der Waals surface area contributed by atoms with Crippen LogP contribution in [0.15, 0.2) is 49.1 Å². The lowest BCUT2D eigenvalue weighted by Crippen LogP contribution is -2.09. The number of hydrogen-bond donors (Lipinski definition) is 2. The Morgan fingerprint density at radius 2 is 1.97 bits per heavy atom. The fraction of sp³-hybridized carbons (Fsp3) is 0.227. The maximum Gasteiger partial charge on any atom is 0.205 e. The van der Waals surface area contributed by atoms with Crippen molar-refractivity contribution < 1.29 is 5.11 Å². The number of aromatic hydroxyl groups is 1. The number of pyridine rings is 1. The number of phenolic OH excluding ortho intramolecular Hbond substituents is 1. The summed E-state index contributed by atoms with van der Waals surface area (Å²) in [5.74, 6) is 1.39. The normalized spacial score (nSPS) is 11.0. The number of phenols is 1. The Hall–Kier alpha value is -3.99. The predicted molar refractivity (Wildman–Crippen MR) is 116 cm³/mol. The fourth-order valence-corrected chi connectivity index (χ4v) is 3.15. The van der Waals surface area contributed by atoms with Gasteiger partial charge in [-0.2, -0.15) is 0 Å².